The van der Waals surface area contributed by atoms with Gasteiger partial charge in [0.2, 0.25) is 0 Å². The van der Waals surface area contributed by atoms with Gasteiger partial charge in [0, 0.05) is 23.5 Å². The summed E-state index contributed by atoms with van der Waals surface area (Å²) in [6.45, 7) is 3.75. The monoisotopic (exact) mass is 245 g/mol. The van der Waals surface area contributed by atoms with Crippen molar-refractivity contribution in [1.29, 1.82) is 0 Å². The minimum absolute atomic E-state index is 0.0226. The first-order chi connectivity index (χ1) is 8.66. The SMILES string of the molecule is CC(C)OC(=O)CCCc1c[nH]c2ccccc12. The van der Waals surface area contributed by atoms with Crippen molar-refractivity contribution in [2.24, 2.45) is 0 Å². The predicted molar refractivity (Wildman–Crippen MR) is 72.5 cm³/mol. The first kappa shape index (κ1) is 12.7. The van der Waals surface area contributed by atoms with E-state index in [1.54, 1.807) is 0 Å². The number of carbonyl (C=O) groups excluding carboxylic acids is 1. The Labute approximate surface area is 107 Å². The standard InChI is InChI=1S/C15H19NO2/c1-11(2)18-15(17)9-5-6-12-10-16-14-8-4-3-7-13(12)14/h3-4,7-8,10-11,16H,5-6,9H2,1-2H3. The molecule has 0 saturated carbocycles. The van der Waals surface area contributed by atoms with Gasteiger partial charge in [-0.25, -0.2) is 0 Å². The second kappa shape index (κ2) is 5.71. The summed E-state index contributed by atoms with van der Waals surface area (Å²) in [6.07, 6.45) is 4.21. The number of aryl methyl sites for hydroxylation is 1. The third kappa shape index (κ3) is 3.13. The second-order valence-corrected chi connectivity index (χ2v) is 4.75. The number of carbonyl (C=O) groups is 1. The normalized spacial score (nSPS) is 11.1. The number of ether oxygens (including phenoxy) is 1. The zero-order valence-corrected chi connectivity index (χ0v) is 10.9. The molecule has 1 aromatic heterocycles. The summed E-state index contributed by atoms with van der Waals surface area (Å²) >= 11 is 0. The second-order valence-electron chi connectivity index (χ2n) is 4.75. The van der Waals surface area contributed by atoms with Crippen LogP contribution in [-0.4, -0.2) is 17.1 Å². The van der Waals surface area contributed by atoms with E-state index < -0.39 is 0 Å². The molecule has 0 aliphatic heterocycles. The van der Waals surface area contributed by atoms with Gasteiger partial charge in [-0.2, -0.15) is 0 Å². The maximum absolute atomic E-state index is 11.4. The molecule has 2 rings (SSSR count). The maximum atomic E-state index is 11.4. The summed E-state index contributed by atoms with van der Waals surface area (Å²) in [5.74, 6) is -0.107. The zero-order chi connectivity index (χ0) is 13.0. The number of benzene rings is 1. The minimum Gasteiger partial charge on any atom is -0.463 e. The molecule has 0 unspecified atom stereocenters. The molecule has 0 spiro atoms. The highest BCUT2D eigenvalue weighted by Crippen LogP contribution is 2.19. The van der Waals surface area contributed by atoms with E-state index in [9.17, 15) is 4.79 Å². The molecule has 0 atom stereocenters. The van der Waals surface area contributed by atoms with Crippen molar-refractivity contribution in [2.45, 2.75) is 39.2 Å². The van der Waals surface area contributed by atoms with Crippen LogP contribution in [0.15, 0.2) is 30.5 Å². The average molecular weight is 245 g/mol. The van der Waals surface area contributed by atoms with E-state index in [1.807, 2.05) is 32.2 Å². The van der Waals surface area contributed by atoms with Crippen molar-refractivity contribution in [1.82, 2.24) is 4.98 Å². The molecule has 3 heteroatoms. The van der Waals surface area contributed by atoms with Gasteiger partial charge in [-0.1, -0.05) is 18.2 Å². The number of hydrogen-bond acceptors (Lipinski definition) is 2. The third-order valence-electron chi connectivity index (χ3n) is 2.87. The van der Waals surface area contributed by atoms with E-state index in [2.05, 4.69) is 17.1 Å². The Kier molecular flexibility index (Phi) is 4.03. The molecule has 0 aliphatic carbocycles. The van der Waals surface area contributed by atoms with Crippen LogP contribution in [0, 0.1) is 0 Å². The molecule has 96 valence electrons. The Bertz CT molecular complexity index is 528. The van der Waals surface area contributed by atoms with Crippen LogP contribution >= 0.6 is 0 Å². The van der Waals surface area contributed by atoms with Crippen LogP contribution in [0.25, 0.3) is 10.9 Å². The van der Waals surface area contributed by atoms with Crippen molar-refractivity contribution in [3.8, 4) is 0 Å². The molecule has 0 saturated heterocycles. The Hall–Kier alpha value is -1.77. The number of fused-ring (bicyclic) bond motifs is 1. The van der Waals surface area contributed by atoms with Gasteiger partial charge in [-0.15, -0.1) is 0 Å². The predicted octanol–water partition coefficient (Wildman–Crippen LogP) is 3.44. The number of para-hydroxylation sites is 1. The van der Waals surface area contributed by atoms with E-state index in [0.717, 1.165) is 18.4 Å². The van der Waals surface area contributed by atoms with Gasteiger partial charge >= 0.3 is 5.97 Å². The van der Waals surface area contributed by atoms with Crippen LogP contribution in [0.5, 0.6) is 0 Å². The Morgan fingerprint density at radius 2 is 2.11 bits per heavy atom. The number of aromatic nitrogens is 1. The lowest BCUT2D eigenvalue weighted by Crippen LogP contribution is -2.11. The van der Waals surface area contributed by atoms with Gasteiger partial charge in [0.25, 0.3) is 0 Å². The lowest BCUT2D eigenvalue weighted by molar-refractivity contribution is -0.147. The average Bonchev–Trinajstić information content (AvgIpc) is 2.72. The molecule has 0 aliphatic rings. The highest BCUT2D eigenvalue weighted by Gasteiger charge is 2.07. The van der Waals surface area contributed by atoms with E-state index in [0.29, 0.717) is 6.42 Å². The lowest BCUT2D eigenvalue weighted by atomic mass is 10.1. The van der Waals surface area contributed by atoms with E-state index in [4.69, 9.17) is 4.74 Å². The molecule has 3 nitrogen and oxygen atoms in total. The maximum Gasteiger partial charge on any atom is 0.306 e. The smallest absolute Gasteiger partial charge is 0.306 e. The molecule has 18 heavy (non-hydrogen) atoms. The number of rotatable bonds is 5. The molecule has 1 heterocycles. The lowest BCUT2D eigenvalue weighted by Gasteiger charge is -2.07. The summed E-state index contributed by atoms with van der Waals surface area (Å²) in [4.78, 5) is 14.7. The van der Waals surface area contributed by atoms with Crippen molar-refractivity contribution in [2.75, 3.05) is 0 Å². The summed E-state index contributed by atoms with van der Waals surface area (Å²) < 4.78 is 5.11. The summed E-state index contributed by atoms with van der Waals surface area (Å²) in [5, 5.41) is 1.25. The van der Waals surface area contributed by atoms with Crippen LogP contribution < -0.4 is 0 Å². The van der Waals surface area contributed by atoms with Gasteiger partial charge in [0.1, 0.15) is 0 Å². The van der Waals surface area contributed by atoms with Crippen molar-refractivity contribution in [3.05, 3.63) is 36.0 Å². The van der Waals surface area contributed by atoms with E-state index in [1.165, 1.54) is 10.9 Å². The van der Waals surface area contributed by atoms with E-state index in [-0.39, 0.29) is 12.1 Å². The molecule has 1 aromatic carbocycles. The van der Waals surface area contributed by atoms with Crippen LogP contribution in [0.3, 0.4) is 0 Å². The Morgan fingerprint density at radius 1 is 1.33 bits per heavy atom. The molecule has 0 bridgehead atoms. The molecule has 0 amide bonds. The molecule has 1 N–H and O–H groups in total. The summed E-state index contributed by atoms with van der Waals surface area (Å²) in [5.41, 5.74) is 2.42. The van der Waals surface area contributed by atoms with Crippen LogP contribution in [0.1, 0.15) is 32.3 Å². The minimum atomic E-state index is -0.107. The Balaban J connectivity index is 1.89. The number of esters is 1. The number of aromatic amines is 1. The van der Waals surface area contributed by atoms with Gasteiger partial charge in [-0.3, -0.25) is 4.79 Å². The number of nitrogens with one attached hydrogen (secondary N) is 1. The molecular formula is C15H19NO2. The molecular weight excluding hydrogens is 226 g/mol. The van der Waals surface area contributed by atoms with Crippen LogP contribution in [-0.2, 0) is 16.0 Å². The highest BCUT2D eigenvalue weighted by molar-refractivity contribution is 5.83. The quantitative estimate of drug-likeness (QED) is 0.820. The van der Waals surface area contributed by atoms with E-state index >= 15 is 0 Å². The summed E-state index contributed by atoms with van der Waals surface area (Å²) in [7, 11) is 0. The van der Waals surface area contributed by atoms with Gasteiger partial charge in [0.05, 0.1) is 6.10 Å². The fourth-order valence-corrected chi connectivity index (χ4v) is 2.08. The first-order valence-electron chi connectivity index (χ1n) is 6.41. The van der Waals surface area contributed by atoms with Crippen LogP contribution in [0.4, 0.5) is 0 Å². The first-order valence-corrected chi connectivity index (χ1v) is 6.41. The molecule has 0 fully saturated rings. The Morgan fingerprint density at radius 3 is 2.89 bits per heavy atom. The van der Waals surface area contributed by atoms with Gasteiger partial charge in [-0.05, 0) is 38.3 Å². The fourth-order valence-electron chi connectivity index (χ4n) is 2.08. The van der Waals surface area contributed by atoms with Crippen molar-refractivity contribution < 1.29 is 9.53 Å². The number of H-pyrrole nitrogens is 1. The largest absolute Gasteiger partial charge is 0.463 e. The van der Waals surface area contributed by atoms with Gasteiger partial charge in [0.15, 0.2) is 0 Å². The highest BCUT2D eigenvalue weighted by atomic mass is 16.5. The van der Waals surface area contributed by atoms with Crippen molar-refractivity contribution in [3.63, 3.8) is 0 Å². The number of hydrogen-bond donors (Lipinski definition) is 1. The third-order valence-corrected chi connectivity index (χ3v) is 2.87. The fraction of sp³-hybridized carbons (Fsp3) is 0.400. The van der Waals surface area contributed by atoms with Gasteiger partial charge < -0.3 is 9.72 Å². The summed E-state index contributed by atoms with van der Waals surface area (Å²) in [6, 6.07) is 8.22. The molecule has 2 aromatic rings. The van der Waals surface area contributed by atoms with Crippen molar-refractivity contribution >= 4 is 16.9 Å². The topological polar surface area (TPSA) is 42.1 Å². The zero-order valence-electron chi connectivity index (χ0n) is 10.9. The van der Waals surface area contributed by atoms with Crippen LogP contribution in [0.2, 0.25) is 0 Å². The molecule has 0 radical (unpaired) electrons.